The summed E-state index contributed by atoms with van der Waals surface area (Å²) in [6, 6.07) is 11.0. The van der Waals surface area contributed by atoms with Gasteiger partial charge >= 0.3 is 5.97 Å². The molecule has 0 saturated heterocycles. The topological polar surface area (TPSA) is 38.3 Å². The fraction of sp³-hybridized carbons (Fsp3) is 0.188. The third-order valence-corrected chi connectivity index (χ3v) is 3.45. The molecule has 110 valence electrons. The normalized spacial score (nSPS) is 11.8. The molecule has 0 heterocycles. The van der Waals surface area contributed by atoms with Crippen LogP contribution in [0.25, 0.3) is 0 Å². The highest BCUT2D eigenvalue weighted by Crippen LogP contribution is 2.26. The summed E-state index contributed by atoms with van der Waals surface area (Å²) < 4.78 is 18.1. The van der Waals surface area contributed by atoms with Crippen molar-refractivity contribution in [1.82, 2.24) is 0 Å². The Labute approximate surface area is 127 Å². The molecule has 1 N–H and O–H groups in total. The van der Waals surface area contributed by atoms with Gasteiger partial charge in [0.1, 0.15) is 5.82 Å². The predicted octanol–water partition coefficient (Wildman–Crippen LogP) is 4.11. The van der Waals surface area contributed by atoms with Crippen LogP contribution >= 0.6 is 11.6 Å². The van der Waals surface area contributed by atoms with Crippen LogP contribution in [0.1, 0.15) is 17.2 Å². The highest BCUT2D eigenvalue weighted by Gasteiger charge is 2.22. The van der Waals surface area contributed by atoms with Crippen LogP contribution in [0.4, 0.5) is 10.1 Å². The largest absolute Gasteiger partial charge is 0.467 e. The van der Waals surface area contributed by atoms with Crippen molar-refractivity contribution in [2.24, 2.45) is 0 Å². The van der Waals surface area contributed by atoms with Gasteiger partial charge in [-0.15, -0.1) is 0 Å². The second-order valence-electron chi connectivity index (χ2n) is 4.59. The lowest BCUT2D eigenvalue weighted by Gasteiger charge is -2.19. The van der Waals surface area contributed by atoms with Gasteiger partial charge in [-0.3, -0.25) is 0 Å². The molecular formula is C16H15ClFNO2. The van der Waals surface area contributed by atoms with Crippen molar-refractivity contribution in [2.45, 2.75) is 13.0 Å². The molecule has 0 bridgehead atoms. The molecule has 2 rings (SSSR count). The molecule has 2 aromatic carbocycles. The molecule has 0 fully saturated rings. The van der Waals surface area contributed by atoms with Crippen LogP contribution in [-0.4, -0.2) is 13.1 Å². The Kier molecular flexibility index (Phi) is 4.81. The number of para-hydroxylation sites is 1. The molecule has 0 amide bonds. The number of carbonyl (C=O) groups is 1. The van der Waals surface area contributed by atoms with Gasteiger partial charge in [0.05, 0.1) is 12.1 Å². The number of hydrogen-bond acceptors (Lipinski definition) is 3. The Hall–Kier alpha value is -2.07. The number of methoxy groups -OCH3 is 1. The van der Waals surface area contributed by atoms with Crippen molar-refractivity contribution in [2.75, 3.05) is 12.4 Å². The van der Waals surface area contributed by atoms with Crippen LogP contribution < -0.4 is 5.32 Å². The lowest BCUT2D eigenvalue weighted by atomic mass is 10.1. The number of benzene rings is 2. The zero-order valence-corrected chi connectivity index (χ0v) is 12.4. The zero-order valence-electron chi connectivity index (χ0n) is 11.7. The number of aryl methyl sites for hydroxylation is 1. The number of anilines is 1. The number of ether oxygens (including phenoxy) is 1. The number of hydrogen-bond donors (Lipinski definition) is 1. The minimum Gasteiger partial charge on any atom is -0.467 e. The highest BCUT2D eigenvalue weighted by atomic mass is 35.5. The van der Waals surface area contributed by atoms with Gasteiger partial charge in [0, 0.05) is 5.69 Å². The molecule has 3 nitrogen and oxygen atoms in total. The molecule has 0 aromatic heterocycles. The molecule has 21 heavy (non-hydrogen) atoms. The minimum absolute atomic E-state index is 0.0343. The van der Waals surface area contributed by atoms with E-state index in [0.717, 1.165) is 11.3 Å². The third-order valence-electron chi connectivity index (χ3n) is 3.16. The quantitative estimate of drug-likeness (QED) is 0.864. The van der Waals surface area contributed by atoms with E-state index in [9.17, 15) is 9.18 Å². The van der Waals surface area contributed by atoms with Gasteiger partial charge in [-0.25, -0.2) is 9.18 Å². The average Bonchev–Trinajstić information content (AvgIpc) is 2.48. The van der Waals surface area contributed by atoms with Crippen molar-refractivity contribution in [3.05, 3.63) is 64.4 Å². The fourth-order valence-electron chi connectivity index (χ4n) is 1.98. The van der Waals surface area contributed by atoms with Crippen LogP contribution in [0.15, 0.2) is 42.5 Å². The number of halogens is 2. The predicted molar refractivity (Wildman–Crippen MR) is 81.0 cm³/mol. The SMILES string of the molecule is COC(=O)C(Nc1ccccc1C)c1ccc(F)c(Cl)c1. The Morgan fingerprint density at radius 2 is 2.00 bits per heavy atom. The van der Waals surface area contributed by atoms with E-state index < -0.39 is 17.8 Å². The standard InChI is InChI=1S/C16H15ClFNO2/c1-10-5-3-4-6-14(10)19-15(16(20)21-2)11-7-8-13(18)12(17)9-11/h3-9,15,19H,1-2H3. The van der Waals surface area contributed by atoms with Gasteiger partial charge in [-0.05, 0) is 36.2 Å². The van der Waals surface area contributed by atoms with Gasteiger partial charge in [-0.1, -0.05) is 35.9 Å². The van der Waals surface area contributed by atoms with E-state index in [2.05, 4.69) is 5.32 Å². The van der Waals surface area contributed by atoms with E-state index in [1.54, 1.807) is 0 Å². The first-order valence-corrected chi connectivity index (χ1v) is 6.75. The van der Waals surface area contributed by atoms with E-state index in [-0.39, 0.29) is 5.02 Å². The lowest BCUT2D eigenvalue weighted by Crippen LogP contribution is -2.22. The summed E-state index contributed by atoms with van der Waals surface area (Å²) in [5, 5.41) is 3.07. The summed E-state index contributed by atoms with van der Waals surface area (Å²) in [4.78, 5) is 12.0. The molecule has 5 heteroatoms. The molecule has 0 radical (unpaired) electrons. The Balaban J connectivity index is 2.37. The summed E-state index contributed by atoms with van der Waals surface area (Å²) in [6.45, 7) is 1.92. The average molecular weight is 308 g/mol. The van der Waals surface area contributed by atoms with Crippen molar-refractivity contribution in [3.8, 4) is 0 Å². The van der Waals surface area contributed by atoms with Crippen molar-refractivity contribution < 1.29 is 13.9 Å². The maximum Gasteiger partial charge on any atom is 0.332 e. The van der Waals surface area contributed by atoms with Crippen LogP contribution in [0, 0.1) is 12.7 Å². The number of nitrogens with one attached hydrogen (secondary N) is 1. The van der Waals surface area contributed by atoms with Gasteiger partial charge in [0.15, 0.2) is 6.04 Å². The molecule has 1 atom stereocenters. The number of rotatable bonds is 4. The molecule has 0 aliphatic rings. The monoisotopic (exact) mass is 307 g/mol. The molecule has 0 aliphatic carbocycles. The second kappa shape index (κ2) is 6.59. The Morgan fingerprint density at radius 1 is 1.29 bits per heavy atom. The van der Waals surface area contributed by atoms with Crippen molar-refractivity contribution >= 4 is 23.3 Å². The lowest BCUT2D eigenvalue weighted by molar-refractivity contribution is -0.141. The summed E-state index contributed by atoms with van der Waals surface area (Å²) in [5.41, 5.74) is 2.32. The van der Waals surface area contributed by atoms with Crippen LogP contribution in [-0.2, 0) is 9.53 Å². The molecule has 1 unspecified atom stereocenters. The van der Waals surface area contributed by atoms with Crippen LogP contribution in [0.2, 0.25) is 5.02 Å². The molecule has 0 spiro atoms. The molecule has 2 aromatic rings. The van der Waals surface area contributed by atoms with E-state index in [1.165, 1.54) is 25.3 Å². The summed E-state index contributed by atoms with van der Waals surface area (Å²) >= 11 is 5.79. The van der Waals surface area contributed by atoms with E-state index in [0.29, 0.717) is 5.56 Å². The molecule has 0 aliphatic heterocycles. The first-order chi connectivity index (χ1) is 10.0. The van der Waals surface area contributed by atoms with Gasteiger partial charge in [0.25, 0.3) is 0 Å². The summed E-state index contributed by atoms with van der Waals surface area (Å²) in [5.74, 6) is -0.999. The number of esters is 1. The second-order valence-corrected chi connectivity index (χ2v) is 5.00. The Bertz CT molecular complexity index is 660. The summed E-state index contributed by atoms with van der Waals surface area (Å²) in [6.07, 6.45) is 0. The minimum atomic E-state index is -0.755. The first kappa shape index (κ1) is 15.3. The summed E-state index contributed by atoms with van der Waals surface area (Å²) in [7, 11) is 1.31. The third kappa shape index (κ3) is 3.52. The first-order valence-electron chi connectivity index (χ1n) is 6.38. The zero-order chi connectivity index (χ0) is 15.4. The van der Waals surface area contributed by atoms with E-state index in [1.807, 2.05) is 31.2 Å². The van der Waals surface area contributed by atoms with E-state index >= 15 is 0 Å². The maximum absolute atomic E-state index is 13.3. The van der Waals surface area contributed by atoms with Crippen molar-refractivity contribution in [3.63, 3.8) is 0 Å². The van der Waals surface area contributed by atoms with Gasteiger partial charge in [-0.2, -0.15) is 0 Å². The van der Waals surface area contributed by atoms with Crippen molar-refractivity contribution in [1.29, 1.82) is 0 Å². The Morgan fingerprint density at radius 3 is 2.62 bits per heavy atom. The number of carbonyl (C=O) groups excluding carboxylic acids is 1. The highest BCUT2D eigenvalue weighted by molar-refractivity contribution is 6.30. The molecule has 0 saturated carbocycles. The van der Waals surface area contributed by atoms with Gasteiger partial charge < -0.3 is 10.1 Å². The molecular weight excluding hydrogens is 293 g/mol. The van der Waals surface area contributed by atoms with E-state index in [4.69, 9.17) is 16.3 Å². The van der Waals surface area contributed by atoms with Crippen LogP contribution in [0.5, 0.6) is 0 Å². The smallest absolute Gasteiger partial charge is 0.332 e. The maximum atomic E-state index is 13.3. The van der Waals surface area contributed by atoms with Gasteiger partial charge in [0.2, 0.25) is 0 Å². The van der Waals surface area contributed by atoms with Crippen LogP contribution in [0.3, 0.4) is 0 Å². The fourth-order valence-corrected chi connectivity index (χ4v) is 2.17.